The van der Waals surface area contributed by atoms with Gasteiger partial charge in [0.2, 0.25) is 11.8 Å². The molecule has 25 heavy (non-hydrogen) atoms. The van der Waals surface area contributed by atoms with Crippen LogP contribution in [0, 0.1) is 5.92 Å². The van der Waals surface area contributed by atoms with Crippen LogP contribution in [0.25, 0.3) is 0 Å². The molecule has 1 N–H and O–H groups in total. The van der Waals surface area contributed by atoms with E-state index in [4.69, 9.17) is 0 Å². The van der Waals surface area contributed by atoms with Crippen LogP contribution in [0.1, 0.15) is 65.5 Å². The molecule has 2 rings (SSSR count). The molecule has 0 aliphatic heterocycles. The number of nitrogens with zero attached hydrogens (tertiary/aromatic N) is 3. The van der Waals surface area contributed by atoms with Crippen molar-refractivity contribution in [1.29, 1.82) is 0 Å². The van der Waals surface area contributed by atoms with Gasteiger partial charge in [-0.2, -0.15) is 5.10 Å². The van der Waals surface area contributed by atoms with E-state index < -0.39 is 0 Å². The van der Waals surface area contributed by atoms with Crippen LogP contribution in [0.2, 0.25) is 0 Å². The summed E-state index contributed by atoms with van der Waals surface area (Å²) >= 11 is 0. The molecule has 2 amide bonds. The van der Waals surface area contributed by atoms with E-state index in [-0.39, 0.29) is 29.7 Å². The van der Waals surface area contributed by atoms with Crippen LogP contribution >= 0.6 is 0 Å². The van der Waals surface area contributed by atoms with Crippen LogP contribution in [0.4, 0.5) is 5.82 Å². The summed E-state index contributed by atoms with van der Waals surface area (Å²) in [5, 5.41) is 7.37. The van der Waals surface area contributed by atoms with Gasteiger partial charge in [-0.05, 0) is 19.3 Å². The van der Waals surface area contributed by atoms with Crippen molar-refractivity contribution < 1.29 is 9.59 Å². The Labute approximate surface area is 151 Å². The van der Waals surface area contributed by atoms with Crippen molar-refractivity contribution in [2.45, 2.75) is 65.2 Å². The van der Waals surface area contributed by atoms with Gasteiger partial charge in [-0.25, -0.2) is 0 Å². The van der Waals surface area contributed by atoms with Crippen LogP contribution < -0.4 is 5.32 Å². The van der Waals surface area contributed by atoms with Gasteiger partial charge in [0.05, 0.1) is 12.2 Å². The second-order valence-corrected chi connectivity index (χ2v) is 8.08. The molecule has 0 atom stereocenters. The number of aryl methyl sites for hydroxylation is 1. The quantitative estimate of drug-likeness (QED) is 0.859. The fourth-order valence-corrected chi connectivity index (χ4v) is 3.27. The summed E-state index contributed by atoms with van der Waals surface area (Å²) in [5.74, 6) is 0.737. The summed E-state index contributed by atoms with van der Waals surface area (Å²) < 4.78 is 1.68. The van der Waals surface area contributed by atoms with Gasteiger partial charge in [0.15, 0.2) is 0 Å². The maximum Gasteiger partial charge on any atom is 0.245 e. The normalized spacial score (nSPS) is 15.4. The summed E-state index contributed by atoms with van der Waals surface area (Å²) in [6.07, 6.45) is 5.00. The van der Waals surface area contributed by atoms with E-state index in [9.17, 15) is 9.59 Å². The van der Waals surface area contributed by atoms with Gasteiger partial charge in [-0.3, -0.25) is 14.3 Å². The Morgan fingerprint density at radius 2 is 1.96 bits per heavy atom. The number of carbonyl (C=O) groups excluding carboxylic acids is 2. The Bertz CT molecular complexity index is 609. The Morgan fingerprint density at radius 1 is 1.32 bits per heavy atom. The number of amides is 2. The fourth-order valence-electron chi connectivity index (χ4n) is 3.27. The molecule has 1 heterocycles. The molecule has 0 bridgehead atoms. The van der Waals surface area contributed by atoms with Crippen molar-refractivity contribution in [3.63, 3.8) is 0 Å². The first-order valence-corrected chi connectivity index (χ1v) is 9.35. The summed E-state index contributed by atoms with van der Waals surface area (Å²) in [4.78, 5) is 26.9. The number of carbonyl (C=O) groups is 2. The van der Waals surface area contributed by atoms with Crippen molar-refractivity contribution in [3.05, 3.63) is 11.8 Å². The second-order valence-electron chi connectivity index (χ2n) is 8.08. The molecule has 0 spiro atoms. The molecule has 1 aliphatic rings. The Kier molecular flexibility index (Phi) is 6.25. The number of hydrogen-bond acceptors (Lipinski definition) is 3. The monoisotopic (exact) mass is 348 g/mol. The molecule has 0 aromatic carbocycles. The standard InChI is InChI=1S/C19H32N4O2/c1-6-11-23(18(25)14-9-7-8-10-14)13-17(24)20-16-12-15(19(2,3)4)21-22(16)5/h12,14H,6-11,13H2,1-5H3,(H,20,24). The summed E-state index contributed by atoms with van der Waals surface area (Å²) in [6, 6.07) is 1.90. The predicted molar refractivity (Wildman–Crippen MR) is 99.4 cm³/mol. The number of anilines is 1. The first-order chi connectivity index (χ1) is 11.7. The van der Waals surface area contributed by atoms with Crippen molar-refractivity contribution in [2.75, 3.05) is 18.4 Å². The highest BCUT2D eigenvalue weighted by Crippen LogP contribution is 2.27. The van der Waals surface area contributed by atoms with E-state index in [0.29, 0.717) is 12.4 Å². The van der Waals surface area contributed by atoms with Gasteiger partial charge >= 0.3 is 0 Å². The van der Waals surface area contributed by atoms with Gasteiger partial charge < -0.3 is 10.2 Å². The SMILES string of the molecule is CCCN(CC(=O)Nc1cc(C(C)(C)C)nn1C)C(=O)C1CCCC1. The zero-order chi connectivity index (χ0) is 18.6. The van der Waals surface area contributed by atoms with Crippen LogP contribution in [-0.4, -0.2) is 39.6 Å². The van der Waals surface area contributed by atoms with E-state index in [0.717, 1.165) is 37.8 Å². The molecule has 0 radical (unpaired) electrons. The van der Waals surface area contributed by atoms with Crippen LogP contribution in [-0.2, 0) is 22.1 Å². The molecular formula is C19H32N4O2. The molecule has 1 aliphatic carbocycles. The Hall–Kier alpha value is -1.85. The lowest BCUT2D eigenvalue weighted by atomic mass is 9.92. The van der Waals surface area contributed by atoms with Crippen molar-refractivity contribution >= 4 is 17.6 Å². The maximum absolute atomic E-state index is 12.7. The minimum atomic E-state index is -0.164. The highest BCUT2D eigenvalue weighted by Gasteiger charge is 2.28. The molecule has 0 unspecified atom stereocenters. The minimum Gasteiger partial charge on any atom is -0.333 e. The average Bonchev–Trinajstić information content (AvgIpc) is 3.16. The number of aromatic nitrogens is 2. The lowest BCUT2D eigenvalue weighted by molar-refractivity contribution is -0.138. The molecule has 1 fully saturated rings. The summed E-state index contributed by atoms with van der Waals surface area (Å²) in [7, 11) is 1.82. The minimum absolute atomic E-state index is 0.0760. The lowest BCUT2D eigenvalue weighted by Crippen LogP contribution is -2.41. The second kappa shape index (κ2) is 8.02. The highest BCUT2D eigenvalue weighted by molar-refractivity contribution is 5.94. The van der Waals surface area contributed by atoms with Crippen LogP contribution in [0.5, 0.6) is 0 Å². The number of rotatable bonds is 6. The maximum atomic E-state index is 12.7. The Balaban J connectivity index is 2.01. The van der Waals surface area contributed by atoms with Crippen LogP contribution in [0.15, 0.2) is 6.07 Å². The zero-order valence-corrected chi connectivity index (χ0v) is 16.3. The third-order valence-electron chi connectivity index (χ3n) is 4.76. The van der Waals surface area contributed by atoms with E-state index in [2.05, 4.69) is 31.2 Å². The molecule has 140 valence electrons. The third kappa shape index (κ3) is 5.06. The zero-order valence-electron chi connectivity index (χ0n) is 16.3. The summed E-state index contributed by atoms with van der Waals surface area (Å²) in [5.41, 5.74) is 0.852. The van der Waals surface area contributed by atoms with E-state index in [1.165, 1.54) is 0 Å². The van der Waals surface area contributed by atoms with Crippen molar-refractivity contribution in [3.8, 4) is 0 Å². The van der Waals surface area contributed by atoms with E-state index in [1.807, 2.05) is 20.0 Å². The predicted octanol–water partition coefficient (Wildman–Crippen LogP) is 3.08. The molecule has 1 saturated carbocycles. The van der Waals surface area contributed by atoms with E-state index in [1.54, 1.807) is 9.58 Å². The first kappa shape index (κ1) is 19.5. The molecule has 6 heteroatoms. The Morgan fingerprint density at radius 3 is 2.48 bits per heavy atom. The van der Waals surface area contributed by atoms with Crippen molar-refractivity contribution in [1.82, 2.24) is 14.7 Å². The molecule has 6 nitrogen and oxygen atoms in total. The van der Waals surface area contributed by atoms with Gasteiger partial charge in [0, 0.05) is 31.0 Å². The van der Waals surface area contributed by atoms with Gasteiger partial charge in [0.25, 0.3) is 0 Å². The molecule has 1 aromatic rings. The average molecular weight is 348 g/mol. The van der Waals surface area contributed by atoms with Gasteiger partial charge in [-0.15, -0.1) is 0 Å². The topological polar surface area (TPSA) is 67.2 Å². The smallest absolute Gasteiger partial charge is 0.245 e. The largest absolute Gasteiger partial charge is 0.333 e. The molecular weight excluding hydrogens is 316 g/mol. The first-order valence-electron chi connectivity index (χ1n) is 9.35. The summed E-state index contributed by atoms with van der Waals surface area (Å²) in [6.45, 7) is 9.03. The van der Waals surface area contributed by atoms with Crippen LogP contribution in [0.3, 0.4) is 0 Å². The van der Waals surface area contributed by atoms with Gasteiger partial charge in [0.1, 0.15) is 5.82 Å². The van der Waals surface area contributed by atoms with Gasteiger partial charge in [-0.1, -0.05) is 40.5 Å². The highest BCUT2D eigenvalue weighted by atomic mass is 16.2. The number of hydrogen-bond donors (Lipinski definition) is 1. The number of nitrogens with one attached hydrogen (secondary N) is 1. The third-order valence-corrected chi connectivity index (χ3v) is 4.76. The fraction of sp³-hybridized carbons (Fsp3) is 0.737. The van der Waals surface area contributed by atoms with Crippen molar-refractivity contribution in [2.24, 2.45) is 13.0 Å². The lowest BCUT2D eigenvalue weighted by Gasteiger charge is -2.24. The molecule has 1 aromatic heterocycles. The van der Waals surface area contributed by atoms with E-state index >= 15 is 0 Å². The molecule has 0 saturated heterocycles.